The van der Waals surface area contributed by atoms with Gasteiger partial charge in [-0.25, -0.2) is 0 Å². The first-order valence-electron chi connectivity index (χ1n) is 8.62. The van der Waals surface area contributed by atoms with E-state index in [9.17, 15) is 9.59 Å². The van der Waals surface area contributed by atoms with Crippen molar-refractivity contribution in [3.05, 3.63) is 51.3 Å². The third-order valence-electron chi connectivity index (χ3n) is 4.40. The fourth-order valence-corrected chi connectivity index (χ4v) is 3.39. The van der Waals surface area contributed by atoms with Crippen LogP contribution in [0.2, 0.25) is 10.0 Å². The summed E-state index contributed by atoms with van der Waals surface area (Å²) in [5, 5.41) is 7.45. The summed E-state index contributed by atoms with van der Waals surface area (Å²) < 4.78 is 4.96. The zero-order valence-corrected chi connectivity index (χ0v) is 16.4. The van der Waals surface area contributed by atoms with Crippen molar-refractivity contribution in [2.24, 2.45) is 0 Å². The average molecular weight is 411 g/mol. The summed E-state index contributed by atoms with van der Waals surface area (Å²) >= 11 is 11.9. The summed E-state index contributed by atoms with van der Waals surface area (Å²) in [6.07, 6.45) is 0. The monoisotopic (exact) mass is 410 g/mol. The smallest absolute Gasteiger partial charge is 0.276 e. The molecule has 0 atom stereocenters. The minimum Gasteiger partial charge on any atom is -0.361 e. The maximum Gasteiger partial charge on any atom is 0.276 e. The van der Waals surface area contributed by atoms with Gasteiger partial charge in [-0.05, 0) is 25.1 Å². The molecule has 1 aliphatic heterocycles. The van der Waals surface area contributed by atoms with Gasteiger partial charge in [0.1, 0.15) is 5.76 Å². The van der Waals surface area contributed by atoms with E-state index < -0.39 is 0 Å². The van der Waals surface area contributed by atoms with Gasteiger partial charge in [0.05, 0.1) is 10.6 Å². The summed E-state index contributed by atoms with van der Waals surface area (Å²) in [4.78, 5) is 28.5. The van der Waals surface area contributed by atoms with Crippen LogP contribution in [0.3, 0.4) is 0 Å². The number of amides is 2. The number of nitrogens with one attached hydrogen (secondary N) is 1. The molecule has 1 aliphatic rings. The zero-order valence-electron chi connectivity index (χ0n) is 14.9. The Bertz CT molecular complexity index is 832. The largest absolute Gasteiger partial charge is 0.361 e. The number of carbonyl (C=O) groups is 2. The predicted molar refractivity (Wildman–Crippen MR) is 102 cm³/mol. The molecule has 2 heterocycles. The molecule has 1 N–H and O–H groups in total. The fraction of sp³-hybridized carbons (Fsp3) is 0.389. The van der Waals surface area contributed by atoms with Crippen molar-refractivity contribution in [2.75, 3.05) is 39.3 Å². The van der Waals surface area contributed by atoms with Crippen molar-refractivity contribution in [3.8, 4) is 0 Å². The number of nitrogens with zero attached hydrogens (tertiary/aromatic N) is 3. The van der Waals surface area contributed by atoms with Gasteiger partial charge in [-0.15, -0.1) is 0 Å². The van der Waals surface area contributed by atoms with Crippen LogP contribution < -0.4 is 5.32 Å². The number of aryl methyl sites for hydroxylation is 1. The van der Waals surface area contributed by atoms with E-state index in [1.54, 1.807) is 36.1 Å². The Morgan fingerprint density at radius 2 is 1.93 bits per heavy atom. The molecule has 0 bridgehead atoms. The van der Waals surface area contributed by atoms with Crippen LogP contribution in [0.25, 0.3) is 0 Å². The molecule has 0 aliphatic carbocycles. The molecule has 1 fully saturated rings. The second kappa shape index (κ2) is 8.73. The van der Waals surface area contributed by atoms with Crippen molar-refractivity contribution >= 4 is 35.0 Å². The Hall–Kier alpha value is -2.09. The summed E-state index contributed by atoms with van der Waals surface area (Å²) in [6.45, 7) is 5.65. The highest BCUT2D eigenvalue weighted by Crippen LogP contribution is 2.20. The minimum absolute atomic E-state index is 0.114. The normalized spacial score (nSPS) is 15.0. The van der Waals surface area contributed by atoms with E-state index in [0.29, 0.717) is 53.2 Å². The molecule has 3 rings (SSSR count). The van der Waals surface area contributed by atoms with Gasteiger partial charge in [0, 0.05) is 50.4 Å². The van der Waals surface area contributed by atoms with Gasteiger partial charge < -0.3 is 14.7 Å². The molecule has 0 unspecified atom stereocenters. The van der Waals surface area contributed by atoms with Gasteiger partial charge >= 0.3 is 0 Å². The van der Waals surface area contributed by atoms with Crippen LogP contribution >= 0.6 is 23.2 Å². The van der Waals surface area contributed by atoms with Crippen molar-refractivity contribution in [3.63, 3.8) is 0 Å². The molecule has 1 saturated heterocycles. The lowest BCUT2D eigenvalue weighted by Gasteiger charge is -2.34. The maximum atomic E-state index is 12.3. The molecule has 2 amide bonds. The van der Waals surface area contributed by atoms with Gasteiger partial charge in [0.2, 0.25) is 0 Å². The van der Waals surface area contributed by atoms with Gasteiger partial charge in [-0.1, -0.05) is 28.4 Å². The molecule has 0 spiro atoms. The Labute approximate surface area is 167 Å². The van der Waals surface area contributed by atoms with E-state index >= 15 is 0 Å². The molecule has 0 saturated carbocycles. The molecular formula is C18H20Cl2N4O3. The van der Waals surface area contributed by atoms with Gasteiger partial charge in [0.15, 0.2) is 5.69 Å². The summed E-state index contributed by atoms with van der Waals surface area (Å²) in [6, 6.07) is 6.43. The number of hydrogen-bond donors (Lipinski definition) is 1. The first-order chi connectivity index (χ1) is 12.9. The first-order valence-corrected chi connectivity index (χ1v) is 9.38. The fourth-order valence-electron chi connectivity index (χ4n) is 2.90. The van der Waals surface area contributed by atoms with Crippen LogP contribution in [-0.4, -0.2) is 66.0 Å². The zero-order chi connectivity index (χ0) is 19.4. The minimum atomic E-state index is -0.230. The lowest BCUT2D eigenvalue weighted by Crippen LogP contribution is -2.50. The highest BCUT2D eigenvalue weighted by atomic mass is 35.5. The second-order valence-corrected chi connectivity index (χ2v) is 7.18. The third-order valence-corrected chi connectivity index (χ3v) is 4.94. The molecule has 0 radical (unpaired) electrons. The van der Waals surface area contributed by atoms with Gasteiger partial charge in [-0.2, -0.15) is 0 Å². The number of benzene rings is 1. The SMILES string of the molecule is Cc1cc(C(=O)N2CCN(CCNC(=O)c3ccc(Cl)cc3Cl)CC2)no1. The van der Waals surface area contributed by atoms with Crippen molar-refractivity contribution in [1.82, 2.24) is 20.3 Å². The molecule has 144 valence electrons. The average Bonchev–Trinajstić information content (AvgIpc) is 3.08. The summed E-state index contributed by atoms with van der Waals surface area (Å²) in [5.74, 6) is 0.276. The van der Waals surface area contributed by atoms with Crippen LogP contribution in [-0.2, 0) is 0 Å². The van der Waals surface area contributed by atoms with E-state index in [4.69, 9.17) is 27.7 Å². The number of rotatable bonds is 5. The van der Waals surface area contributed by atoms with Gasteiger partial charge in [-0.3, -0.25) is 14.5 Å². The Kier molecular flexibility index (Phi) is 6.36. The van der Waals surface area contributed by atoms with E-state index in [-0.39, 0.29) is 11.8 Å². The Morgan fingerprint density at radius 1 is 1.19 bits per heavy atom. The molecule has 9 heteroatoms. The van der Waals surface area contributed by atoms with E-state index in [2.05, 4.69) is 15.4 Å². The quantitative estimate of drug-likeness (QED) is 0.818. The number of piperazine rings is 1. The van der Waals surface area contributed by atoms with Crippen LogP contribution in [0.1, 0.15) is 26.6 Å². The Balaban J connectivity index is 1.42. The lowest BCUT2D eigenvalue weighted by molar-refractivity contribution is 0.0628. The highest BCUT2D eigenvalue weighted by molar-refractivity contribution is 6.36. The number of hydrogen-bond acceptors (Lipinski definition) is 5. The molecule has 2 aromatic rings. The van der Waals surface area contributed by atoms with Crippen LogP contribution in [0.5, 0.6) is 0 Å². The van der Waals surface area contributed by atoms with Crippen molar-refractivity contribution < 1.29 is 14.1 Å². The topological polar surface area (TPSA) is 78.7 Å². The van der Waals surface area contributed by atoms with Crippen LogP contribution in [0.15, 0.2) is 28.8 Å². The number of carbonyl (C=O) groups excluding carboxylic acids is 2. The van der Waals surface area contributed by atoms with Crippen LogP contribution in [0.4, 0.5) is 0 Å². The number of aromatic nitrogens is 1. The van der Waals surface area contributed by atoms with E-state index in [0.717, 1.165) is 13.1 Å². The first kappa shape index (κ1) is 19.7. The van der Waals surface area contributed by atoms with E-state index in [1.807, 2.05) is 0 Å². The van der Waals surface area contributed by atoms with Crippen LogP contribution in [0, 0.1) is 6.92 Å². The Morgan fingerprint density at radius 3 is 2.56 bits per heavy atom. The highest BCUT2D eigenvalue weighted by Gasteiger charge is 2.24. The standard InChI is InChI=1S/C18H20Cl2N4O3/c1-12-10-16(22-27-12)18(26)24-8-6-23(7-9-24)5-4-21-17(25)14-3-2-13(19)11-15(14)20/h2-3,10-11H,4-9H2,1H3,(H,21,25). The summed E-state index contributed by atoms with van der Waals surface area (Å²) in [5.41, 5.74) is 0.743. The predicted octanol–water partition coefficient (Wildman–Crippen LogP) is 2.48. The maximum absolute atomic E-state index is 12.3. The number of halogens is 2. The lowest BCUT2D eigenvalue weighted by atomic mass is 10.2. The summed E-state index contributed by atoms with van der Waals surface area (Å²) in [7, 11) is 0. The van der Waals surface area contributed by atoms with Crippen molar-refractivity contribution in [2.45, 2.75) is 6.92 Å². The molecule has 27 heavy (non-hydrogen) atoms. The molecule has 7 nitrogen and oxygen atoms in total. The molecular weight excluding hydrogens is 391 g/mol. The van der Waals surface area contributed by atoms with Gasteiger partial charge in [0.25, 0.3) is 11.8 Å². The second-order valence-electron chi connectivity index (χ2n) is 6.34. The third kappa shape index (κ3) is 5.00. The van der Waals surface area contributed by atoms with E-state index in [1.165, 1.54) is 0 Å². The van der Waals surface area contributed by atoms with Crippen molar-refractivity contribution in [1.29, 1.82) is 0 Å². The molecule has 1 aromatic heterocycles. The molecule has 1 aromatic carbocycles.